The number of hydrogen-bond acceptors (Lipinski definition) is 7. The molecule has 1 aliphatic heterocycles. The zero-order valence-corrected chi connectivity index (χ0v) is 16.4. The third-order valence-corrected chi connectivity index (χ3v) is 6.63. The van der Waals surface area contributed by atoms with Gasteiger partial charge in [0.2, 0.25) is 0 Å². The minimum Gasteiger partial charge on any atom is -0.363 e. The van der Waals surface area contributed by atoms with Crippen molar-refractivity contribution in [1.82, 2.24) is 4.83 Å². The third kappa shape index (κ3) is 4.64. The summed E-state index contributed by atoms with van der Waals surface area (Å²) < 4.78 is 24.6. The number of thiophene rings is 1. The Balaban J connectivity index is 1.69. The molecule has 0 amide bonds. The van der Waals surface area contributed by atoms with Crippen LogP contribution >= 0.6 is 11.3 Å². The van der Waals surface area contributed by atoms with Gasteiger partial charge < -0.3 is 4.90 Å². The summed E-state index contributed by atoms with van der Waals surface area (Å²) in [5.74, 6) is 0. The lowest BCUT2D eigenvalue weighted by molar-refractivity contribution is -0.385. The number of benzene rings is 1. The highest BCUT2D eigenvalue weighted by Crippen LogP contribution is 2.27. The highest BCUT2D eigenvalue weighted by atomic mass is 32.2. The normalized spacial score (nSPS) is 15.2. The van der Waals surface area contributed by atoms with Crippen molar-refractivity contribution < 1.29 is 13.3 Å². The van der Waals surface area contributed by atoms with E-state index in [2.05, 4.69) is 14.8 Å². The molecule has 1 aromatic heterocycles. The molecule has 0 unspecified atom stereocenters. The lowest BCUT2D eigenvalue weighted by Crippen LogP contribution is -2.28. The number of nitro groups is 1. The lowest BCUT2D eigenvalue weighted by atomic mass is 10.1. The minimum atomic E-state index is -3.98. The van der Waals surface area contributed by atoms with Crippen molar-refractivity contribution in [3.05, 3.63) is 50.9 Å². The highest BCUT2D eigenvalue weighted by molar-refractivity contribution is 7.89. The first-order valence-corrected chi connectivity index (χ1v) is 10.8. The Labute approximate surface area is 161 Å². The van der Waals surface area contributed by atoms with E-state index in [1.165, 1.54) is 37.6 Å². The van der Waals surface area contributed by atoms with E-state index < -0.39 is 14.9 Å². The van der Waals surface area contributed by atoms with Crippen LogP contribution in [0.25, 0.3) is 0 Å². The molecule has 1 N–H and O–H groups in total. The molecule has 2 aromatic rings. The van der Waals surface area contributed by atoms with Crippen molar-refractivity contribution >= 4 is 38.3 Å². The molecule has 2 heterocycles. The van der Waals surface area contributed by atoms with Crippen LogP contribution in [0.5, 0.6) is 0 Å². The van der Waals surface area contributed by atoms with E-state index in [9.17, 15) is 18.5 Å². The molecular weight excluding hydrogens is 388 g/mol. The van der Waals surface area contributed by atoms with Crippen molar-refractivity contribution in [2.45, 2.75) is 31.1 Å². The van der Waals surface area contributed by atoms with Gasteiger partial charge in [-0.1, -0.05) is 6.07 Å². The van der Waals surface area contributed by atoms with E-state index in [1.54, 1.807) is 18.3 Å². The average molecular weight is 409 g/mol. The van der Waals surface area contributed by atoms with Crippen molar-refractivity contribution in [1.29, 1.82) is 0 Å². The summed E-state index contributed by atoms with van der Waals surface area (Å²) in [4.78, 5) is 15.4. The topological polar surface area (TPSA) is 105 Å². The molecule has 144 valence electrons. The largest absolute Gasteiger partial charge is 0.363 e. The molecule has 0 spiro atoms. The number of nitrogens with one attached hydrogen (secondary N) is 1. The monoisotopic (exact) mass is 408 g/mol. The van der Waals surface area contributed by atoms with Crippen molar-refractivity contribution in [3.8, 4) is 0 Å². The smallest absolute Gasteiger partial charge is 0.276 e. The van der Waals surface area contributed by atoms with Crippen LogP contribution in [0.2, 0.25) is 0 Å². The number of nitrogens with zero attached hydrogens (tertiary/aromatic N) is 3. The van der Waals surface area contributed by atoms with Gasteiger partial charge >= 0.3 is 0 Å². The number of aryl methyl sites for hydroxylation is 1. The number of rotatable bonds is 6. The maximum Gasteiger partial charge on any atom is 0.276 e. The Kier molecular flexibility index (Phi) is 5.76. The Bertz CT molecular complexity index is 963. The van der Waals surface area contributed by atoms with E-state index in [0.717, 1.165) is 29.0 Å². The summed E-state index contributed by atoms with van der Waals surface area (Å²) in [7, 11) is -3.98. The molecule has 0 atom stereocenters. The fourth-order valence-electron chi connectivity index (χ4n) is 2.86. The Morgan fingerprint density at radius 1 is 1.22 bits per heavy atom. The van der Waals surface area contributed by atoms with Gasteiger partial charge in [-0.15, -0.1) is 11.3 Å². The van der Waals surface area contributed by atoms with Crippen molar-refractivity contribution in [2.24, 2.45) is 5.10 Å². The first-order chi connectivity index (χ1) is 12.9. The zero-order chi connectivity index (χ0) is 19.4. The van der Waals surface area contributed by atoms with Crippen LogP contribution in [-0.4, -0.2) is 32.6 Å². The summed E-state index contributed by atoms with van der Waals surface area (Å²) in [6.45, 7) is 3.63. The maximum atomic E-state index is 12.3. The van der Waals surface area contributed by atoms with Gasteiger partial charge in [0.15, 0.2) is 0 Å². The molecule has 1 aliphatic rings. The van der Waals surface area contributed by atoms with E-state index >= 15 is 0 Å². The van der Waals surface area contributed by atoms with Gasteiger partial charge in [0, 0.05) is 29.6 Å². The summed E-state index contributed by atoms with van der Waals surface area (Å²) >= 11 is 1.55. The molecular formula is C17H20N4O4S2. The second kappa shape index (κ2) is 8.05. The van der Waals surface area contributed by atoms with Crippen LogP contribution in [0.3, 0.4) is 0 Å². The average Bonchev–Trinajstić information content (AvgIpc) is 3.11. The van der Waals surface area contributed by atoms with E-state index in [-0.39, 0.29) is 10.6 Å². The molecule has 0 radical (unpaired) electrons. The minimum absolute atomic E-state index is 0.197. The molecule has 1 saturated heterocycles. The van der Waals surface area contributed by atoms with Crippen molar-refractivity contribution in [2.75, 3.05) is 18.0 Å². The first-order valence-electron chi connectivity index (χ1n) is 8.51. The maximum absolute atomic E-state index is 12.3. The molecule has 1 aromatic carbocycles. The lowest BCUT2D eigenvalue weighted by Gasteiger charge is -2.27. The summed E-state index contributed by atoms with van der Waals surface area (Å²) in [5.41, 5.74) is 0.151. The first kappa shape index (κ1) is 19.3. The third-order valence-electron chi connectivity index (χ3n) is 4.33. The van der Waals surface area contributed by atoms with Gasteiger partial charge in [0.25, 0.3) is 15.7 Å². The summed E-state index contributed by atoms with van der Waals surface area (Å²) in [6, 6.07) is 7.66. The Morgan fingerprint density at radius 2 is 1.96 bits per heavy atom. The summed E-state index contributed by atoms with van der Waals surface area (Å²) in [6.07, 6.45) is 5.07. The van der Waals surface area contributed by atoms with Gasteiger partial charge in [-0.05, 0) is 44.4 Å². The van der Waals surface area contributed by atoms with Crippen LogP contribution in [0, 0.1) is 17.0 Å². The Hall–Kier alpha value is -2.46. The molecule has 3 rings (SSSR count). The number of nitro benzene ring substituents is 1. The molecule has 0 saturated carbocycles. The van der Waals surface area contributed by atoms with Crippen LogP contribution in [0.1, 0.15) is 29.7 Å². The van der Waals surface area contributed by atoms with E-state index in [0.29, 0.717) is 5.56 Å². The van der Waals surface area contributed by atoms with Crippen LogP contribution in [0.4, 0.5) is 10.7 Å². The zero-order valence-electron chi connectivity index (χ0n) is 14.8. The van der Waals surface area contributed by atoms with Gasteiger partial charge in [0.05, 0.1) is 21.0 Å². The SMILES string of the molecule is Cc1ccc(S(=O)(=O)N/N=C\c2ccc(N3CCCCC3)s2)cc1[N+](=O)[O-]. The van der Waals surface area contributed by atoms with Gasteiger partial charge in [-0.3, -0.25) is 10.1 Å². The molecule has 10 heteroatoms. The standard InChI is InChI=1S/C17H20N4O4S2/c1-13-5-7-15(11-16(13)21(22)23)27(24,25)19-18-12-14-6-8-17(26-14)20-9-3-2-4-10-20/h5-8,11-12,19H,2-4,9-10H2,1H3/b18-12-. The second-order valence-corrected chi connectivity index (χ2v) is 9.04. The summed E-state index contributed by atoms with van der Waals surface area (Å²) in [5, 5.41) is 15.9. The predicted octanol–water partition coefficient (Wildman–Crippen LogP) is 3.27. The number of piperidine rings is 1. The predicted molar refractivity (Wildman–Crippen MR) is 106 cm³/mol. The quantitative estimate of drug-likeness (QED) is 0.449. The molecule has 0 aliphatic carbocycles. The fraction of sp³-hybridized carbons (Fsp3) is 0.353. The van der Waals surface area contributed by atoms with E-state index in [1.807, 2.05) is 12.1 Å². The molecule has 0 bridgehead atoms. The van der Waals surface area contributed by atoms with Gasteiger partial charge in [-0.2, -0.15) is 13.5 Å². The second-order valence-electron chi connectivity index (χ2n) is 6.28. The van der Waals surface area contributed by atoms with Gasteiger partial charge in [-0.25, -0.2) is 4.83 Å². The molecule has 1 fully saturated rings. The van der Waals surface area contributed by atoms with Gasteiger partial charge in [0.1, 0.15) is 0 Å². The Morgan fingerprint density at radius 3 is 2.67 bits per heavy atom. The van der Waals surface area contributed by atoms with Crippen LogP contribution < -0.4 is 9.73 Å². The van der Waals surface area contributed by atoms with Crippen LogP contribution in [0.15, 0.2) is 40.3 Å². The van der Waals surface area contributed by atoms with E-state index in [4.69, 9.17) is 0 Å². The highest BCUT2D eigenvalue weighted by Gasteiger charge is 2.19. The van der Waals surface area contributed by atoms with Crippen LogP contribution in [-0.2, 0) is 10.0 Å². The molecule has 8 nitrogen and oxygen atoms in total. The number of anilines is 1. The van der Waals surface area contributed by atoms with Crippen molar-refractivity contribution in [3.63, 3.8) is 0 Å². The number of hydrazone groups is 1. The number of sulfonamides is 1. The number of hydrogen-bond donors (Lipinski definition) is 1. The fourth-order valence-corrected chi connectivity index (χ4v) is 4.60. The molecule has 27 heavy (non-hydrogen) atoms.